The first-order valence-electron chi connectivity index (χ1n) is 5.85. The van der Waals surface area contributed by atoms with E-state index >= 15 is 0 Å². The van der Waals surface area contributed by atoms with Gasteiger partial charge in [0.25, 0.3) is 0 Å². The van der Waals surface area contributed by atoms with Crippen molar-refractivity contribution in [1.82, 2.24) is 20.1 Å². The molecular weight excluding hydrogens is 244 g/mol. The lowest BCUT2D eigenvalue weighted by molar-refractivity contribution is 0.122. The molecule has 2 aromatic rings. The number of aromatic nitrogens is 3. The van der Waals surface area contributed by atoms with Crippen molar-refractivity contribution < 1.29 is 9.90 Å². The number of rotatable bonds is 2. The minimum absolute atomic E-state index is 0.324. The van der Waals surface area contributed by atoms with Crippen LogP contribution in [0.15, 0.2) is 48.8 Å². The Morgan fingerprint density at radius 1 is 1.37 bits per heavy atom. The molecule has 96 valence electrons. The lowest BCUT2D eigenvalue weighted by Gasteiger charge is -2.34. The van der Waals surface area contributed by atoms with E-state index in [0.717, 1.165) is 0 Å². The fourth-order valence-electron chi connectivity index (χ4n) is 2.44. The summed E-state index contributed by atoms with van der Waals surface area (Å²) in [4.78, 5) is 17.2. The number of hydrogen-bond donors (Lipinski definition) is 2. The van der Waals surface area contributed by atoms with Crippen LogP contribution < -0.4 is 0 Å². The van der Waals surface area contributed by atoms with E-state index in [4.69, 9.17) is 0 Å². The van der Waals surface area contributed by atoms with Gasteiger partial charge in [-0.25, -0.2) is 4.79 Å². The van der Waals surface area contributed by atoms with Gasteiger partial charge in [0.15, 0.2) is 0 Å². The molecule has 1 unspecified atom stereocenters. The largest absolute Gasteiger partial charge is 0.465 e. The van der Waals surface area contributed by atoms with Gasteiger partial charge in [0.2, 0.25) is 0 Å². The third kappa shape index (κ3) is 1.61. The summed E-state index contributed by atoms with van der Waals surface area (Å²) in [5.41, 5.74) is 0.404. The van der Waals surface area contributed by atoms with Gasteiger partial charge in [-0.3, -0.25) is 15.0 Å². The minimum Gasteiger partial charge on any atom is -0.465 e. The fourth-order valence-corrected chi connectivity index (χ4v) is 2.44. The molecule has 0 aromatic carbocycles. The SMILES string of the molecule is O=C(O)N1CC=CC1(c1ccccn1)c1ccn[nH]1. The summed E-state index contributed by atoms with van der Waals surface area (Å²) in [5.74, 6) is 0. The van der Waals surface area contributed by atoms with Gasteiger partial charge in [-0.15, -0.1) is 0 Å². The highest BCUT2D eigenvalue weighted by Crippen LogP contribution is 2.38. The smallest absolute Gasteiger partial charge is 0.408 e. The summed E-state index contributed by atoms with van der Waals surface area (Å²) in [7, 11) is 0. The van der Waals surface area contributed by atoms with Crippen molar-refractivity contribution in [2.75, 3.05) is 6.54 Å². The molecule has 0 bridgehead atoms. The summed E-state index contributed by atoms with van der Waals surface area (Å²) < 4.78 is 0. The van der Waals surface area contributed by atoms with Crippen molar-refractivity contribution in [3.8, 4) is 0 Å². The number of aromatic amines is 1. The van der Waals surface area contributed by atoms with Crippen molar-refractivity contribution in [3.05, 3.63) is 60.2 Å². The van der Waals surface area contributed by atoms with E-state index < -0.39 is 11.6 Å². The van der Waals surface area contributed by atoms with Crippen LogP contribution in [0.4, 0.5) is 4.79 Å². The van der Waals surface area contributed by atoms with Gasteiger partial charge in [0, 0.05) is 18.9 Å². The van der Waals surface area contributed by atoms with Crippen LogP contribution in [0.3, 0.4) is 0 Å². The summed E-state index contributed by atoms with van der Waals surface area (Å²) in [6.45, 7) is 0.324. The zero-order valence-electron chi connectivity index (χ0n) is 10.0. The number of carbonyl (C=O) groups is 1. The molecule has 0 fully saturated rings. The molecule has 0 spiro atoms. The molecule has 2 N–H and O–H groups in total. The average Bonchev–Trinajstić information content (AvgIpc) is 3.09. The predicted molar refractivity (Wildman–Crippen MR) is 67.5 cm³/mol. The van der Waals surface area contributed by atoms with E-state index in [1.807, 2.05) is 24.3 Å². The second-order valence-corrected chi connectivity index (χ2v) is 4.25. The van der Waals surface area contributed by atoms with Gasteiger partial charge >= 0.3 is 6.09 Å². The Morgan fingerprint density at radius 3 is 2.89 bits per heavy atom. The Balaban J connectivity index is 2.22. The first-order chi connectivity index (χ1) is 9.25. The van der Waals surface area contributed by atoms with Gasteiger partial charge in [-0.1, -0.05) is 12.1 Å². The van der Waals surface area contributed by atoms with E-state index in [1.165, 1.54) is 4.90 Å². The molecule has 2 aromatic heterocycles. The maximum Gasteiger partial charge on any atom is 0.408 e. The van der Waals surface area contributed by atoms with Crippen molar-refractivity contribution in [2.45, 2.75) is 5.54 Å². The lowest BCUT2D eigenvalue weighted by atomic mass is 9.90. The Bertz CT molecular complexity index is 609. The number of H-pyrrole nitrogens is 1. The molecule has 0 saturated heterocycles. The van der Waals surface area contributed by atoms with Gasteiger partial charge in [0.1, 0.15) is 5.54 Å². The zero-order valence-corrected chi connectivity index (χ0v) is 10.0. The standard InChI is InChI=1S/C13H12N4O2/c18-12(19)17-9-3-6-13(17,11-5-8-15-16-11)10-4-1-2-7-14-10/h1-8H,9H2,(H,15,16)(H,18,19). The predicted octanol–water partition coefficient (Wildman–Crippen LogP) is 1.60. The molecule has 19 heavy (non-hydrogen) atoms. The molecule has 6 nitrogen and oxygen atoms in total. The molecule has 0 radical (unpaired) electrons. The molecule has 1 aliphatic rings. The van der Waals surface area contributed by atoms with Gasteiger partial charge < -0.3 is 5.11 Å². The summed E-state index contributed by atoms with van der Waals surface area (Å²) in [6.07, 6.45) is 5.93. The quantitative estimate of drug-likeness (QED) is 0.799. The number of pyridine rings is 1. The Kier molecular flexibility index (Phi) is 2.56. The van der Waals surface area contributed by atoms with Gasteiger partial charge in [-0.05, 0) is 24.3 Å². The number of carboxylic acid groups (broad SMARTS) is 1. The third-order valence-corrected chi connectivity index (χ3v) is 3.27. The van der Waals surface area contributed by atoms with Crippen molar-refractivity contribution in [3.63, 3.8) is 0 Å². The second-order valence-electron chi connectivity index (χ2n) is 4.25. The van der Waals surface area contributed by atoms with E-state index in [1.54, 1.807) is 24.5 Å². The third-order valence-electron chi connectivity index (χ3n) is 3.27. The van der Waals surface area contributed by atoms with Crippen LogP contribution in [0, 0.1) is 0 Å². The average molecular weight is 256 g/mol. The minimum atomic E-state index is -0.995. The molecule has 0 aliphatic carbocycles. The number of hydrogen-bond acceptors (Lipinski definition) is 3. The van der Waals surface area contributed by atoms with Crippen LogP contribution in [0.5, 0.6) is 0 Å². The van der Waals surface area contributed by atoms with E-state index in [0.29, 0.717) is 17.9 Å². The topological polar surface area (TPSA) is 82.1 Å². The van der Waals surface area contributed by atoms with E-state index in [-0.39, 0.29) is 0 Å². The van der Waals surface area contributed by atoms with Gasteiger partial charge in [0.05, 0.1) is 11.4 Å². The Hall–Kier alpha value is -2.63. The van der Waals surface area contributed by atoms with Crippen LogP contribution in [-0.2, 0) is 5.54 Å². The van der Waals surface area contributed by atoms with Crippen molar-refractivity contribution in [2.24, 2.45) is 0 Å². The molecule has 1 atom stereocenters. The number of amides is 1. The monoisotopic (exact) mass is 256 g/mol. The summed E-state index contributed by atoms with van der Waals surface area (Å²) in [5, 5.41) is 16.2. The molecule has 3 heterocycles. The highest BCUT2D eigenvalue weighted by atomic mass is 16.4. The van der Waals surface area contributed by atoms with Crippen LogP contribution in [0.25, 0.3) is 0 Å². The van der Waals surface area contributed by atoms with Gasteiger partial charge in [-0.2, -0.15) is 5.10 Å². The number of nitrogens with one attached hydrogen (secondary N) is 1. The molecule has 3 rings (SSSR count). The van der Waals surface area contributed by atoms with Crippen LogP contribution in [0.1, 0.15) is 11.4 Å². The molecule has 1 amide bonds. The normalized spacial score (nSPS) is 21.8. The molecule has 6 heteroatoms. The fraction of sp³-hybridized carbons (Fsp3) is 0.154. The molecule has 1 aliphatic heterocycles. The Labute approximate surface area is 109 Å². The van der Waals surface area contributed by atoms with Crippen molar-refractivity contribution in [1.29, 1.82) is 0 Å². The lowest BCUT2D eigenvalue weighted by Crippen LogP contribution is -2.46. The van der Waals surface area contributed by atoms with Crippen LogP contribution in [-0.4, -0.2) is 37.8 Å². The maximum absolute atomic E-state index is 11.5. The molecular formula is C13H12N4O2. The maximum atomic E-state index is 11.5. The zero-order chi connectivity index (χ0) is 13.3. The van der Waals surface area contributed by atoms with Crippen LogP contribution >= 0.6 is 0 Å². The van der Waals surface area contributed by atoms with E-state index in [2.05, 4.69) is 15.2 Å². The first kappa shape index (κ1) is 11.5. The van der Waals surface area contributed by atoms with Crippen molar-refractivity contribution >= 4 is 6.09 Å². The highest BCUT2D eigenvalue weighted by molar-refractivity contribution is 5.70. The Morgan fingerprint density at radius 2 is 2.26 bits per heavy atom. The number of nitrogens with zero attached hydrogens (tertiary/aromatic N) is 3. The highest BCUT2D eigenvalue weighted by Gasteiger charge is 2.45. The summed E-state index contributed by atoms with van der Waals surface area (Å²) in [6, 6.07) is 7.22. The second kappa shape index (κ2) is 4.24. The van der Waals surface area contributed by atoms with E-state index in [9.17, 15) is 9.90 Å². The summed E-state index contributed by atoms with van der Waals surface area (Å²) >= 11 is 0. The first-order valence-corrected chi connectivity index (χ1v) is 5.85. The molecule has 0 saturated carbocycles. The van der Waals surface area contributed by atoms with Crippen LogP contribution in [0.2, 0.25) is 0 Å².